The molecule has 0 aromatic carbocycles. The molecule has 1 saturated carbocycles. The standard InChI is InChI=1S/C20H35NO4/c1-11(2)17(19(22)23)21-10-15-13(8-12(21)3)6-7-14-9-16(20(4,5)24)25-18(14)15/h11-18,24H,6-10H2,1-5H3,(H,22,23)/t12?,13?,14?,15?,16-,17-,18?/m0/s1. The number of likely N-dealkylation sites (tertiary alicyclic amines) is 1. The minimum atomic E-state index is -0.927. The predicted octanol–water partition coefficient (Wildman–Crippen LogP) is 0.00880. The molecule has 0 aromatic heterocycles. The number of aliphatic carboxylic acids is 1. The number of carbonyl (C=O) groups excluding carboxylic acids is 1. The van der Waals surface area contributed by atoms with Gasteiger partial charge in [-0.2, -0.15) is 0 Å². The van der Waals surface area contributed by atoms with Gasteiger partial charge in [0.05, 0.1) is 36.4 Å². The fraction of sp³-hybridized carbons (Fsp3) is 0.950. The van der Waals surface area contributed by atoms with Crippen molar-refractivity contribution in [3.63, 3.8) is 0 Å². The van der Waals surface area contributed by atoms with Crippen LogP contribution in [0.2, 0.25) is 0 Å². The number of fused-ring (bicyclic) bond motifs is 3. The molecule has 1 aliphatic carbocycles. The van der Waals surface area contributed by atoms with Gasteiger partial charge in [-0.1, -0.05) is 13.8 Å². The van der Waals surface area contributed by atoms with E-state index in [0.717, 1.165) is 24.3 Å². The number of carboxylic acid groups (broad SMARTS) is 1. The Balaban J connectivity index is 1.79. The van der Waals surface area contributed by atoms with Crippen LogP contribution in [0.5, 0.6) is 0 Å². The van der Waals surface area contributed by atoms with Crippen molar-refractivity contribution in [2.45, 2.75) is 90.2 Å². The smallest absolute Gasteiger partial charge is 0.130 e. The number of ether oxygens (including phenoxy) is 1. The fourth-order valence-electron chi connectivity index (χ4n) is 5.80. The molecular weight excluding hydrogens is 318 g/mol. The van der Waals surface area contributed by atoms with Crippen molar-refractivity contribution in [1.82, 2.24) is 0 Å². The summed E-state index contributed by atoms with van der Waals surface area (Å²) < 4.78 is 6.36. The highest BCUT2D eigenvalue weighted by Gasteiger charge is 2.53. The molecule has 3 aliphatic rings. The zero-order valence-electron chi connectivity index (χ0n) is 16.3. The maximum absolute atomic E-state index is 11.8. The van der Waals surface area contributed by atoms with Gasteiger partial charge in [0.2, 0.25) is 0 Å². The van der Waals surface area contributed by atoms with Gasteiger partial charge in [-0.25, -0.2) is 0 Å². The number of hydrogen-bond acceptors (Lipinski definition) is 4. The molecule has 0 aromatic rings. The Morgan fingerprint density at radius 1 is 1.24 bits per heavy atom. The molecule has 2 saturated heterocycles. The zero-order chi connectivity index (χ0) is 18.5. The second-order valence-corrected chi connectivity index (χ2v) is 9.70. The van der Waals surface area contributed by atoms with Crippen molar-refractivity contribution >= 4 is 5.97 Å². The maximum atomic E-state index is 11.8. The van der Waals surface area contributed by atoms with Crippen molar-refractivity contribution in [1.29, 1.82) is 0 Å². The normalized spacial score (nSPS) is 42.8. The molecule has 144 valence electrons. The summed E-state index contributed by atoms with van der Waals surface area (Å²) in [5.74, 6) is 0.664. The Labute approximate surface area is 151 Å². The molecule has 0 spiro atoms. The minimum absolute atomic E-state index is 0.0620. The van der Waals surface area contributed by atoms with Crippen LogP contribution in [0, 0.1) is 23.7 Å². The van der Waals surface area contributed by atoms with Crippen LogP contribution in [-0.4, -0.2) is 47.5 Å². The largest absolute Gasteiger partial charge is 0.544 e. The monoisotopic (exact) mass is 353 g/mol. The lowest BCUT2D eigenvalue weighted by molar-refractivity contribution is -0.955. The SMILES string of the molecule is CC(C)[C@@H](C(=O)[O-])[NH+]1CC2C(CCC3C[C@@H](C(C)(C)O)OC32)CC1C. The van der Waals surface area contributed by atoms with Crippen LogP contribution in [0.15, 0.2) is 0 Å². The van der Waals surface area contributed by atoms with Gasteiger partial charge in [0.25, 0.3) is 0 Å². The van der Waals surface area contributed by atoms with Crippen molar-refractivity contribution in [3.8, 4) is 0 Å². The number of carbonyl (C=O) groups is 1. The van der Waals surface area contributed by atoms with Crippen LogP contribution in [-0.2, 0) is 9.53 Å². The third kappa shape index (κ3) is 3.60. The lowest BCUT2D eigenvalue weighted by Crippen LogP contribution is -3.22. The molecule has 6 unspecified atom stereocenters. The van der Waals surface area contributed by atoms with Gasteiger partial charge in [-0.15, -0.1) is 0 Å². The van der Waals surface area contributed by atoms with Crippen LogP contribution in [0.3, 0.4) is 0 Å². The summed E-state index contributed by atoms with van der Waals surface area (Å²) in [7, 11) is 0. The molecule has 5 heteroatoms. The van der Waals surface area contributed by atoms with E-state index in [1.54, 1.807) is 0 Å². The number of piperidine rings is 1. The fourth-order valence-corrected chi connectivity index (χ4v) is 5.80. The molecular formula is C20H35NO4. The number of rotatable bonds is 4. The Hall–Kier alpha value is -0.650. The number of quaternary nitrogens is 1. The predicted molar refractivity (Wildman–Crippen MR) is 92.8 cm³/mol. The highest BCUT2D eigenvalue weighted by Crippen LogP contribution is 2.47. The molecule has 25 heavy (non-hydrogen) atoms. The number of carboxylic acids is 1. The lowest BCUT2D eigenvalue weighted by atomic mass is 9.67. The summed E-state index contributed by atoms with van der Waals surface area (Å²) in [6, 6.07) is -0.114. The second-order valence-electron chi connectivity index (χ2n) is 9.70. The van der Waals surface area contributed by atoms with Crippen LogP contribution < -0.4 is 10.0 Å². The molecule has 0 amide bonds. The lowest BCUT2D eigenvalue weighted by Gasteiger charge is -2.49. The molecule has 8 atom stereocenters. The van der Waals surface area contributed by atoms with E-state index in [2.05, 4.69) is 6.92 Å². The summed E-state index contributed by atoms with van der Waals surface area (Å²) in [6.45, 7) is 10.7. The molecule has 3 rings (SSSR count). The van der Waals surface area contributed by atoms with E-state index in [-0.39, 0.29) is 18.1 Å². The summed E-state index contributed by atoms with van der Waals surface area (Å²) in [4.78, 5) is 12.9. The first-order valence-electron chi connectivity index (χ1n) is 10.0. The number of nitrogens with one attached hydrogen (secondary N) is 1. The summed E-state index contributed by atoms with van der Waals surface area (Å²) in [5.41, 5.74) is -0.813. The Kier molecular flexibility index (Phi) is 5.22. The molecule has 2 heterocycles. The highest BCUT2D eigenvalue weighted by molar-refractivity contribution is 5.69. The van der Waals surface area contributed by atoms with Crippen LogP contribution in [0.25, 0.3) is 0 Å². The van der Waals surface area contributed by atoms with E-state index in [1.807, 2.05) is 27.7 Å². The van der Waals surface area contributed by atoms with E-state index < -0.39 is 17.6 Å². The molecule has 3 fully saturated rings. The van der Waals surface area contributed by atoms with E-state index in [4.69, 9.17) is 4.74 Å². The summed E-state index contributed by atoms with van der Waals surface area (Å²) >= 11 is 0. The topological polar surface area (TPSA) is 74.0 Å². The molecule has 2 N–H and O–H groups in total. The van der Waals surface area contributed by atoms with Crippen LogP contribution >= 0.6 is 0 Å². The van der Waals surface area contributed by atoms with E-state index >= 15 is 0 Å². The molecule has 0 bridgehead atoms. The number of hydrogen-bond donors (Lipinski definition) is 2. The number of aliphatic hydroxyl groups is 1. The van der Waals surface area contributed by atoms with Gasteiger partial charge in [-0.3, -0.25) is 0 Å². The van der Waals surface area contributed by atoms with E-state index in [9.17, 15) is 15.0 Å². The molecule has 2 aliphatic heterocycles. The van der Waals surface area contributed by atoms with Crippen molar-refractivity contribution in [2.75, 3.05) is 6.54 Å². The Bertz CT molecular complexity index is 500. The van der Waals surface area contributed by atoms with Crippen molar-refractivity contribution in [2.24, 2.45) is 23.7 Å². The van der Waals surface area contributed by atoms with Gasteiger partial charge in [-0.05, 0) is 51.9 Å². The van der Waals surface area contributed by atoms with Crippen molar-refractivity contribution in [3.05, 3.63) is 0 Å². The average molecular weight is 354 g/mol. The highest BCUT2D eigenvalue weighted by atomic mass is 16.5. The van der Waals surface area contributed by atoms with Gasteiger partial charge >= 0.3 is 0 Å². The van der Waals surface area contributed by atoms with E-state index in [0.29, 0.717) is 23.8 Å². The first-order valence-corrected chi connectivity index (χ1v) is 10.0. The van der Waals surface area contributed by atoms with Crippen LogP contribution in [0.4, 0.5) is 0 Å². The van der Waals surface area contributed by atoms with Gasteiger partial charge in [0.1, 0.15) is 6.04 Å². The first kappa shape index (κ1) is 19.1. The molecule has 5 nitrogen and oxygen atoms in total. The van der Waals surface area contributed by atoms with Crippen molar-refractivity contribution < 1.29 is 24.6 Å². The van der Waals surface area contributed by atoms with Gasteiger partial charge in [0, 0.05) is 18.3 Å². The quantitative estimate of drug-likeness (QED) is 0.747. The zero-order valence-corrected chi connectivity index (χ0v) is 16.3. The van der Waals surface area contributed by atoms with Gasteiger partial charge < -0.3 is 24.6 Å². The Morgan fingerprint density at radius 2 is 1.88 bits per heavy atom. The molecule has 0 radical (unpaired) electrons. The summed E-state index contributed by atoms with van der Waals surface area (Å²) in [6.07, 6.45) is 4.45. The van der Waals surface area contributed by atoms with E-state index in [1.165, 1.54) is 12.8 Å². The third-order valence-corrected chi connectivity index (χ3v) is 7.11. The third-order valence-electron chi connectivity index (χ3n) is 7.11. The summed E-state index contributed by atoms with van der Waals surface area (Å²) in [5, 5.41) is 22.1. The maximum Gasteiger partial charge on any atom is 0.130 e. The average Bonchev–Trinajstić information content (AvgIpc) is 2.92. The first-order chi connectivity index (χ1) is 11.6. The minimum Gasteiger partial charge on any atom is -0.544 e. The second kappa shape index (κ2) is 6.82. The van der Waals surface area contributed by atoms with Crippen LogP contribution in [0.1, 0.15) is 60.3 Å². The Morgan fingerprint density at radius 3 is 2.44 bits per heavy atom. The van der Waals surface area contributed by atoms with Gasteiger partial charge in [0.15, 0.2) is 0 Å².